The quantitative estimate of drug-likeness (QED) is 0.227. The lowest BCUT2D eigenvalue weighted by molar-refractivity contribution is -0.122. The van der Waals surface area contributed by atoms with E-state index < -0.39 is 12.1 Å². The van der Waals surface area contributed by atoms with E-state index in [0.29, 0.717) is 32.4 Å². The lowest BCUT2D eigenvalue weighted by Gasteiger charge is -2.34. The Morgan fingerprint density at radius 1 is 0.889 bits per heavy atom. The van der Waals surface area contributed by atoms with Gasteiger partial charge in [0.2, 0.25) is 0 Å². The van der Waals surface area contributed by atoms with Crippen LogP contribution in [0.2, 0.25) is 0 Å². The second-order valence-corrected chi connectivity index (χ2v) is 13.3. The van der Waals surface area contributed by atoms with E-state index >= 15 is 0 Å². The van der Waals surface area contributed by atoms with Crippen molar-refractivity contribution in [2.75, 3.05) is 33.2 Å². The topological polar surface area (TPSA) is 104 Å². The summed E-state index contributed by atoms with van der Waals surface area (Å²) in [5.74, 6) is 0.0482. The minimum absolute atomic E-state index is 0.0351. The summed E-state index contributed by atoms with van der Waals surface area (Å²) in [5.41, 5.74) is 3.99. The molecule has 0 radical (unpaired) electrons. The molecule has 2 heterocycles. The number of Topliss-reactive ketones (excluding diaryl/α,β-unsaturated/α-hetero) is 1. The second-order valence-electron chi connectivity index (χ2n) is 12.3. The molecule has 2 N–H and O–H groups in total. The second kappa shape index (κ2) is 17.7. The summed E-state index contributed by atoms with van der Waals surface area (Å²) in [6.07, 6.45) is 4.36. The van der Waals surface area contributed by atoms with Crippen molar-refractivity contribution in [3.63, 3.8) is 0 Å². The van der Waals surface area contributed by atoms with Gasteiger partial charge in [-0.1, -0.05) is 74.5 Å². The number of carbonyl (C=O) groups is 3. The number of amides is 3. The molecular formula is C35H47N5O4S. The molecular weight excluding hydrogens is 586 g/mol. The van der Waals surface area contributed by atoms with E-state index in [1.165, 1.54) is 11.3 Å². The van der Waals surface area contributed by atoms with Crippen LogP contribution in [0.4, 0.5) is 9.59 Å². The van der Waals surface area contributed by atoms with Gasteiger partial charge in [0.25, 0.3) is 0 Å². The summed E-state index contributed by atoms with van der Waals surface area (Å²) >= 11 is 1.44. The lowest BCUT2D eigenvalue weighted by atomic mass is 9.85. The van der Waals surface area contributed by atoms with E-state index in [0.717, 1.165) is 41.9 Å². The van der Waals surface area contributed by atoms with Crippen LogP contribution in [-0.4, -0.2) is 78.0 Å². The van der Waals surface area contributed by atoms with Crippen molar-refractivity contribution in [2.24, 2.45) is 11.8 Å². The molecule has 0 saturated carbocycles. The normalized spacial score (nSPS) is 15.7. The molecule has 1 saturated heterocycles. The fraction of sp³-hybridized carbons (Fsp3) is 0.486. The van der Waals surface area contributed by atoms with Crippen molar-refractivity contribution in [3.8, 4) is 0 Å². The zero-order chi connectivity index (χ0) is 32.0. The minimum atomic E-state index is -0.560. The van der Waals surface area contributed by atoms with Gasteiger partial charge in [-0.2, -0.15) is 0 Å². The molecule has 242 valence electrons. The maximum atomic E-state index is 13.8. The third kappa shape index (κ3) is 11.6. The van der Waals surface area contributed by atoms with E-state index in [4.69, 9.17) is 4.74 Å². The Morgan fingerprint density at radius 3 is 2.13 bits per heavy atom. The SMILES string of the molecule is CC(C)[C@H](NC(=O)N1CCN(C)CC1)C(=O)C[C@H](CC[C@H](Cc1ccccc1)NC(=O)OCc1cncs1)Cc1ccccc1. The number of hydrogen-bond donors (Lipinski definition) is 2. The van der Waals surface area contributed by atoms with Gasteiger partial charge >= 0.3 is 12.1 Å². The van der Waals surface area contributed by atoms with Crippen LogP contribution in [0.25, 0.3) is 0 Å². The van der Waals surface area contributed by atoms with Crippen molar-refractivity contribution in [1.29, 1.82) is 0 Å². The van der Waals surface area contributed by atoms with Crippen molar-refractivity contribution >= 4 is 29.2 Å². The van der Waals surface area contributed by atoms with Gasteiger partial charge in [0.05, 0.1) is 16.4 Å². The number of urea groups is 1. The van der Waals surface area contributed by atoms with Crippen LogP contribution in [0.3, 0.4) is 0 Å². The van der Waals surface area contributed by atoms with Crippen molar-refractivity contribution in [3.05, 3.63) is 88.4 Å². The molecule has 2 aromatic carbocycles. The number of ether oxygens (including phenoxy) is 1. The Morgan fingerprint density at radius 2 is 1.53 bits per heavy atom. The number of hydrogen-bond acceptors (Lipinski definition) is 7. The zero-order valence-electron chi connectivity index (χ0n) is 26.7. The number of aromatic nitrogens is 1. The van der Waals surface area contributed by atoms with Crippen LogP contribution in [-0.2, 0) is 29.0 Å². The first-order valence-electron chi connectivity index (χ1n) is 15.9. The number of benzene rings is 2. The molecule has 3 atom stereocenters. The van der Waals surface area contributed by atoms with Gasteiger partial charge in [0.15, 0.2) is 5.78 Å². The summed E-state index contributed by atoms with van der Waals surface area (Å²) in [6.45, 7) is 7.10. The summed E-state index contributed by atoms with van der Waals surface area (Å²) in [5, 5.41) is 6.14. The van der Waals surface area contributed by atoms with Crippen LogP contribution in [0.15, 0.2) is 72.4 Å². The monoisotopic (exact) mass is 633 g/mol. The van der Waals surface area contributed by atoms with Gasteiger partial charge in [0.1, 0.15) is 6.61 Å². The fourth-order valence-corrected chi connectivity index (χ4v) is 6.21. The Hall–Kier alpha value is -3.76. The molecule has 0 spiro atoms. The number of nitrogens with one attached hydrogen (secondary N) is 2. The van der Waals surface area contributed by atoms with Gasteiger partial charge in [-0.25, -0.2) is 9.59 Å². The van der Waals surface area contributed by atoms with Crippen molar-refractivity contribution in [2.45, 2.75) is 64.6 Å². The fourth-order valence-electron chi connectivity index (χ4n) is 5.71. The maximum absolute atomic E-state index is 13.8. The molecule has 0 unspecified atom stereocenters. The summed E-state index contributed by atoms with van der Waals surface area (Å²) in [6, 6.07) is 19.4. The van der Waals surface area contributed by atoms with Crippen LogP contribution in [0.1, 0.15) is 49.1 Å². The van der Waals surface area contributed by atoms with Gasteiger partial charge in [-0.05, 0) is 55.7 Å². The number of carbonyl (C=O) groups excluding carboxylic acids is 3. The predicted octanol–water partition coefficient (Wildman–Crippen LogP) is 5.56. The van der Waals surface area contributed by atoms with Gasteiger partial charge in [-0.3, -0.25) is 9.78 Å². The first-order valence-corrected chi connectivity index (χ1v) is 16.8. The van der Waals surface area contributed by atoms with E-state index in [2.05, 4.69) is 44.8 Å². The van der Waals surface area contributed by atoms with Gasteiger partial charge in [-0.15, -0.1) is 11.3 Å². The Bertz CT molecular complexity index is 1310. The van der Waals surface area contributed by atoms with Gasteiger partial charge < -0.3 is 25.2 Å². The molecule has 3 amide bonds. The number of rotatable bonds is 15. The lowest BCUT2D eigenvalue weighted by Crippen LogP contribution is -2.55. The van der Waals surface area contributed by atoms with Crippen LogP contribution < -0.4 is 10.6 Å². The maximum Gasteiger partial charge on any atom is 0.407 e. The number of thiazole rings is 1. The number of likely N-dealkylation sites (N-methyl/N-ethyl adjacent to an activating group) is 1. The zero-order valence-corrected chi connectivity index (χ0v) is 27.5. The van der Waals surface area contributed by atoms with E-state index in [1.807, 2.05) is 57.3 Å². The highest BCUT2D eigenvalue weighted by Crippen LogP contribution is 2.23. The molecule has 1 aromatic heterocycles. The highest BCUT2D eigenvalue weighted by atomic mass is 32.1. The highest BCUT2D eigenvalue weighted by molar-refractivity contribution is 7.09. The molecule has 1 aliphatic rings. The molecule has 0 aliphatic carbocycles. The molecule has 10 heteroatoms. The number of nitrogens with zero attached hydrogens (tertiary/aromatic N) is 3. The average molecular weight is 634 g/mol. The molecule has 1 aliphatic heterocycles. The van der Waals surface area contributed by atoms with Crippen LogP contribution in [0, 0.1) is 11.8 Å². The van der Waals surface area contributed by atoms with Gasteiger partial charge in [0, 0.05) is 44.8 Å². The molecule has 45 heavy (non-hydrogen) atoms. The predicted molar refractivity (Wildman–Crippen MR) is 178 cm³/mol. The largest absolute Gasteiger partial charge is 0.444 e. The third-order valence-electron chi connectivity index (χ3n) is 8.34. The summed E-state index contributed by atoms with van der Waals surface area (Å²) in [4.78, 5) is 48.7. The Kier molecular flexibility index (Phi) is 13.4. The van der Waals surface area contributed by atoms with E-state index in [1.54, 1.807) is 16.6 Å². The Balaban J connectivity index is 1.43. The summed E-state index contributed by atoms with van der Waals surface area (Å²) < 4.78 is 5.49. The Labute approximate surface area is 271 Å². The summed E-state index contributed by atoms with van der Waals surface area (Å²) in [7, 11) is 2.05. The molecule has 9 nitrogen and oxygen atoms in total. The minimum Gasteiger partial charge on any atom is -0.444 e. The molecule has 0 bridgehead atoms. The first kappa shape index (κ1) is 34.1. The standard InChI is InChI=1S/C35H47N5O4S/c1-26(2)33(38-34(42)40-18-16-39(3)17-19-40)32(41)22-29(20-27-10-6-4-7-11-27)14-15-30(21-28-12-8-5-9-13-28)37-35(43)44-24-31-23-36-25-45-31/h4-13,23,25-26,29-30,33H,14-22,24H2,1-3H3,(H,37,43)(H,38,42)/t29-,30-,33+/m1/s1. The number of ketones is 1. The van der Waals surface area contributed by atoms with Crippen LogP contribution >= 0.6 is 11.3 Å². The van der Waals surface area contributed by atoms with E-state index in [-0.39, 0.29) is 36.3 Å². The number of alkyl carbamates (subject to hydrolysis) is 1. The van der Waals surface area contributed by atoms with E-state index in [9.17, 15) is 14.4 Å². The van der Waals surface area contributed by atoms with Crippen molar-refractivity contribution < 1.29 is 19.1 Å². The third-order valence-corrected chi connectivity index (χ3v) is 9.09. The average Bonchev–Trinajstić information content (AvgIpc) is 3.56. The first-order chi connectivity index (χ1) is 21.8. The molecule has 1 fully saturated rings. The molecule has 4 rings (SSSR count). The highest BCUT2D eigenvalue weighted by Gasteiger charge is 2.29. The molecule has 3 aromatic rings. The van der Waals surface area contributed by atoms with Crippen molar-refractivity contribution in [1.82, 2.24) is 25.4 Å². The number of piperazine rings is 1. The van der Waals surface area contributed by atoms with Crippen LogP contribution in [0.5, 0.6) is 0 Å². The smallest absolute Gasteiger partial charge is 0.407 e.